The van der Waals surface area contributed by atoms with Crippen LogP contribution in [0, 0.1) is 25.7 Å². The summed E-state index contributed by atoms with van der Waals surface area (Å²) in [4.78, 5) is 0. The first-order valence-electron chi connectivity index (χ1n) is 6.29. The van der Waals surface area contributed by atoms with E-state index >= 15 is 0 Å². The molecule has 0 spiro atoms. The van der Waals surface area contributed by atoms with E-state index in [1.807, 2.05) is 0 Å². The molecule has 0 heterocycles. The van der Waals surface area contributed by atoms with E-state index in [1.54, 1.807) is 0 Å². The minimum atomic E-state index is 0.641. The van der Waals surface area contributed by atoms with Crippen molar-refractivity contribution in [2.75, 3.05) is 0 Å². The van der Waals surface area contributed by atoms with Crippen molar-refractivity contribution in [3.05, 3.63) is 13.8 Å². The molecule has 0 aromatic heterocycles. The lowest BCUT2D eigenvalue weighted by Gasteiger charge is -2.05. The number of unbranched alkanes of at least 4 members (excludes halogenated alkanes) is 5. The van der Waals surface area contributed by atoms with Crippen molar-refractivity contribution in [3.8, 4) is 0 Å². The van der Waals surface area contributed by atoms with Crippen LogP contribution in [0.4, 0.5) is 0 Å². The molecule has 84 valence electrons. The molecule has 0 fully saturated rings. The third kappa shape index (κ3) is 12.0. The number of hydrogen-bond acceptors (Lipinski definition) is 0. The maximum Gasteiger partial charge on any atom is -0.0443 e. The molecular formula is C14H28. The van der Waals surface area contributed by atoms with E-state index in [4.69, 9.17) is 0 Å². The Morgan fingerprint density at radius 2 is 0.929 bits per heavy atom. The van der Waals surface area contributed by atoms with Gasteiger partial charge in [0.05, 0.1) is 0 Å². The third-order valence-electron chi connectivity index (χ3n) is 2.64. The number of hydrogen-bond donors (Lipinski definition) is 0. The van der Waals surface area contributed by atoms with Crippen molar-refractivity contribution in [1.82, 2.24) is 0 Å². The van der Waals surface area contributed by atoms with Crippen molar-refractivity contribution in [2.45, 2.75) is 65.2 Å². The molecule has 0 aliphatic rings. The molecule has 0 N–H and O–H groups in total. The van der Waals surface area contributed by atoms with Gasteiger partial charge < -0.3 is 0 Å². The second kappa shape index (κ2) is 9.55. The Hall–Kier alpha value is 0. The lowest BCUT2D eigenvalue weighted by Crippen LogP contribution is -1.89. The predicted octanol–water partition coefficient (Wildman–Crippen LogP) is 5.05. The normalized spacial score (nSPS) is 11.6. The first-order valence-corrected chi connectivity index (χ1v) is 6.29. The van der Waals surface area contributed by atoms with Gasteiger partial charge in [-0.3, -0.25) is 0 Å². The van der Waals surface area contributed by atoms with Gasteiger partial charge in [-0.25, -0.2) is 0 Å². The van der Waals surface area contributed by atoms with Gasteiger partial charge in [-0.2, -0.15) is 0 Å². The van der Waals surface area contributed by atoms with E-state index in [0.29, 0.717) is 11.8 Å². The average Bonchev–Trinajstić information content (AvgIpc) is 2.08. The summed E-state index contributed by atoms with van der Waals surface area (Å²) in [5.41, 5.74) is 0. The summed E-state index contributed by atoms with van der Waals surface area (Å²) in [6, 6.07) is 0. The summed E-state index contributed by atoms with van der Waals surface area (Å²) in [6.07, 6.45) is 11.0. The molecule has 0 aliphatic carbocycles. The fourth-order valence-electron chi connectivity index (χ4n) is 1.69. The largest absolute Gasteiger partial charge is 0.0625 e. The quantitative estimate of drug-likeness (QED) is 0.453. The van der Waals surface area contributed by atoms with Crippen molar-refractivity contribution in [1.29, 1.82) is 0 Å². The lowest BCUT2D eigenvalue weighted by atomic mass is 10.0. The summed E-state index contributed by atoms with van der Waals surface area (Å²) >= 11 is 0. The van der Waals surface area contributed by atoms with Crippen molar-refractivity contribution in [2.24, 2.45) is 11.8 Å². The van der Waals surface area contributed by atoms with Crippen LogP contribution in [-0.4, -0.2) is 0 Å². The highest BCUT2D eigenvalue weighted by atomic mass is 14.0. The molecule has 0 bridgehead atoms. The summed E-state index contributed by atoms with van der Waals surface area (Å²) in [5, 5.41) is 0. The van der Waals surface area contributed by atoms with Crippen molar-refractivity contribution in [3.63, 3.8) is 0 Å². The van der Waals surface area contributed by atoms with E-state index in [0.717, 1.165) is 0 Å². The fourth-order valence-corrected chi connectivity index (χ4v) is 1.69. The standard InChI is InChI=1S/C14H28/c1-13(2)11-9-7-5-6-8-10-12-14(3)4/h13-14H,1,3,5-12H2,2,4H3. The molecule has 2 unspecified atom stereocenters. The minimum absolute atomic E-state index is 0.641. The van der Waals surface area contributed by atoms with Gasteiger partial charge in [0.15, 0.2) is 0 Å². The topological polar surface area (TPSA) is 0 Å². The molecule has 0 saturated carbocycles. The molecule has 0 amide bonds. The van der Waals surface area contributed by atoms with Crippen LogP contribution in [0.3, 0.4) is 0 Å². The van der Waals surface area contributed by atoms with Gasteiger partial charge in [0.2, 0.25) is 0 Å². The molecule has 14 heavy (non-hydrogen) atoms. The summed E-state index contributed by atoms with van der Waals surface area (Å²) in [6.45, 7) is 12.4. The summed E-state index contributed by atoms with van der Waals surface area (Å²) < 4.78 is 0. The number of rotatable bonds is 9. The Balaban J connectivity index is 2.92. The second-order valence-electron chi connectivity index (χ2n) is 4.91. The smallest absolute Gasteiger partial charge is 0.0443 e. The SMILES string of the molecule is [CH2]C(C)CCCCCCCCC([CH2])C. The summed E-state index contributed by atoms with van der Waals surface area (Å²) in [7, 11) is 0. The van der Waals surface area contributed by atoms with E-state index < -0.39 is 0 Å². The molecule has 2 atom stereocenters. The molecule has 0 nitrogen and oxygen atoms in total. The first-order chi connectivity index (χ1) is 6.63. The maximum atomic E-state index is 4.00. The maximum absolute atomic E-state index is 4.00. The summed E-state index contributed by atoms with van der Waals surface area (Å²) in [5.74, 6) is 1.28. The first kappa shape index (κ1) is 14.0. The monoisotopic (exact) mass is 196 g/mol. The zero-order chi connectivity index (χ0) is 10.8. The van der Waals surface area contributed by atoms with E-state index in [1.165, 1.54) is 51.4 Å². The lowest BCUT2D eigenvalue weighted by molar-refractivity contribution is 0.515. The Kier molecular flexibility index (Phi) is 9.55. The Bertz CT molecular complexity index is 88.6. The van der Waals surface area contributed by atoms with Gasteiger partial charge >= 0.3 is 0 Å². The fraction of sp³-hybridized carbons (Fsp3) is 0.857. The Labute approximate surface area is 91.5 Å². The van der Waals surface area contributed by atoms with Gasteiger partial charge in [-0.1, -0.05) is 79.1 Å². The second-order valence-corrected chi connectivity index (χ2v) is 4.91. The van der Waals surface area contributed by atoms with Crippen LogP contribution >= 0.6 is 0 Å². The van der Waals surface area contributed by atoms with Crippen molar-refractivity contribution >= 4 is 0 Å². The Morgan fingerprint density at radius 3 is 1.21 bits per heavy atom. The highest BCUT2D eigenvalue weighted by Gasteiger charge is 1.96. The van der Waals surface area contributed by atoms with Crippen LogP contribution in [-0.2, 0) is 0 Å². The predicted molar refractivity (Wildman–Crippen MR) is 66.0 cm³/mol. The van der Waals surface area contributed by atoms with E-state index in [-0.39, 0.29) is 0 Å². The van der Waals surface area contributed by atoms with Crippen LogP contribution < -0.4 is 0 Å². The van der Waals surface area contributed by atoms with Gasteiger partial charge in [0.1, 0.15) is 0 Å². The third-order valence-corrected chi connectivity index (χ3v) is 2.64. The molecule has 0 aliphatic heterocycles. The molecule has 0 saturated heterocycles. The zero-order valence-corrected chi connectivity index (χ0v) is 10.2. The molecule has 0 aromatic rings. The minimum Gasteiger partial charge on any atom is -0.0625 e. The van der Waals surface area contributed by atoms with Crippen LogP contribution in [0.2, 0.25) is 0 Å². The Morgan fingerprint density at radius 1 is 0.643 bits per heavy atom. The van der Waals surface area contributed by atoms with Gasteiger partial charge in [-0.15, -0.1) is 0 Å². The highest BCUT2D eigenvalue weighted by molar-refractivity contribution is 4.56. The van der Waals surface area contributed by atoms with Crippen LogP contribution in [0.5, 0.6) is 0 Å². The molecular weight excluding hydrogens is 168 g/mol. The highest BCUT2D eigenvalue weighted by Crippen LogP contribution is 2.13. The molecule has 2 radical (unpaired) electrons. The van der Waals surface area contributed by atoms with Gasteiger partial charge in [0.25, 0.3) is 0 Å². The van der Waals surface area contributed by atoms with Crippen LogP contribution in [0.1, 0.15) is 65.2 Å². The zero-order valence-electron chi connectivity index (χ0n) is 10.2. The average molecular weight is 196 g/mol. The van der Waals surface area contributed by atoms with Gasteiger partial charge in [0, 0.05) is 0 Å². The van der Waals surface area contributed by atoms with Crippen LogP contribution in [0.25, 0.3) is 0 Å². The van der Waals surface area contributed by atoms with E-state index in [2.05, 4.69) is 27.7 Å². The van der Waals surface area contributed by atoms with E-state index in [9.17, 15) is 0 Å². The molecule has 0 aromatic carbocycles. The molecule has 0 heteroatoms. The molecule has 0 rings (SSSR count). The van der Waals surface area contributed by atoms with Crippen LogP contribution in [0.15, 0.2) is 0 Å². The van der Waals surface area contributed by atoms with Crippen molar-refractivity contribution < 1.29 is 0 Å². The van der Waals surface area contributed by atoms with Gasteiger partial charge in [-0.05, 0) is 11.8 Å².